The second-order valence-corrected chi connectivity index (χ2v) is 6.02. The monoisotopic (exact) mass is 363 g/mol. The van der Waals surface area contributed by atoms with E-state index in [1.807, 2.05) is 54.6 Å². The SMILES string of the molecule is O=C(/C=C/c1ccc(-c2ccccc2)cc1)c1ccc(Cl)c([N+](=O)[O-])c1. The number of ketones is 1. The highest BCUT2D eigenvalue weighted by molar-refractivity contribution is 6.32. The summed E-state index contributed by atoms with van der Waals surface area (Å²) in [4.78, 5) is 22.6. The van der Waals surface area contributed by atoms with Crippen molar-refractivity contribution in [3.63, 3.8) is 0 Å². The maximum Gasteiger partial charge on any atom is 0.288 e. The van der Waals surface area contributed by atoms with Gasteiger partial charge in [0.25, 0.3) is 5.69 Å². The Labute approximate surface area is 155 Å². The lowest BCUT2D eigenvalue weighted by Gasteiger charge is -2.02. The first-order chi connectivity index (χ1) is 12.5. The maximum absolute atomic E-state index is 12.2. The molecule has 0 aliphatic carbocycles. The Bertz CT molecular complexity index is 980. The van der Waals surface area contributed by atoms with Crippen molar-refractivity contribution in [2.45, 2.75) is 0 Å². The van der Waals surface area contributed by atoms with Gasteiger partial charge in [-0.05, 0) is 34.9 Å². The van der Waals surface area contributed by atoms with Crippen LogP contribution in [-0.4, -0.2) is 10.7 Å². The van der Waals surface area contributed by atoms with Gasteiger partial charge < -0.3 is 0 Å². The molecule has 0 saturated heterocycles. The highest BCUT2D eigenvalue weighted by atomic mass is 35.5. The highest BCUT2D eigenvalue weighted by Crippen LogP contribution is 2.25. The average molecular weight is 364 g/mol. The van der Waals surface area contributed by atoms with E-state index in [4.69, 9.17) is 11.6 Å². The van der Waals surface area contributed by atoms with E-state index in [1.54, 1.807) is 6.08 Å². The van der Waals surface area contributed by atoms with E-state index in [2.05, 4.69) is 0 Å². The number of carbonyl (C=O) groups excluding carboxylic acids is 1. The zero-order valence-electron chi connectivity index (χ0n) is 13.6. The fraction of sp³-hybridized carbons (Fsp3) is 0. The van der Waals surface area contributed by atoms with Crippen molar-refractivity contribution in [1.82, 2.24) is 0 Å². The first-order valence-electron chi connectivity index (χ1n) is 7.86. The van der Waals surface area contributed by atoms with Crippen LogP contribution in [0.2, 0.25) is 5.02 Å². The van der Waals surface area contributed by atoms with Crippen LogP contribution in [0.3, 0.4) is 0 Å². The molecule has 0 spiro atoms. The van der Waals surface area contributed by atoms with Crippen LogP contribution in [-0.2, 0) is 0 Å². The quantitative estimate of drug-likeness (QED) is 0.248. The molecule has 26 heavy (non-hydrogen) atoms. The Hall–Kier alpha value is -3.24. The van der Waals surface area contributed by atoms with Crippen molar-refractivity contribution in [1.29, 1.82) is 0 Å². The maximum atomic E-state index is 12.2. The number of benzene rings is 3. The van der Waals surface area contributed by atoms with Crippen LogP contribution >= 0.6 is 11.6 Å². The molecule has 0 saturated carbocycles. The average Bonchev–Trinajstić information content (AvgIpc) is 2.67. The summed E-state index contributed by atoms with van der Waals surface area (Å²) in [5, 5.41) is 10.9. The van der Waals surface area contributed by atoms with Gasteiger partial charge in [0.15, 0.2) is 5.78 Å². The molecule has 0 radical (unpaired) electrons. The van der Waals surface area contributed by atoms with E-state index in [1.165, 1.54) is 24.3 Å². The van der Waals surface area contributed by atoms with Crippen LogP contribution in [0.15, 0.2) is 78.9 Å². The third kappa shape index (κ3) is 4.05. The molecule has 0 bridgehead atoms. The van der Waals surface area contributed by atoms with Crippen molar-refractivity contribution >= 4 is 29.1 Å². The molecule has 0 atom stereocenters. The molecular formula is C21H14ClNO3. The molecule has 3 aromatic rings. The van der Waals surface area contributed by atoms with E-state index >= 15 is 0 Å². The number of halogens is 1. The molecule has 3 aromatic carbocycles. The molecule has 128 valence electrons. The highest BCUT2D eigenvalue weighted by Gasteiger charge is 2.14. The molecule has 0 amide bonds. The predicted octanol–water partition coefficient (Wildman–Crippen LogP) is 5.81. The summed E-state index contributed by atoms with van der Waals surface area (Å²) in [6, 6.07) is 21.8. The zero-order chi connectivity index (χ0) is 18.5. The molecule has 0 N–H and O–H groups in total. The first-order valence-corrected chi connectivity index (χ1v) is 8.24. The van der Waals surface area contributed by atoms with E-state index < -0.39 is 4.92 Å². The van der Waals surface area contributed by atoms with Gasteiger partial charge in [0, 0.05) is 11.6 Å². The van der Waals surface area contributed by atoms with E-state index in [-0.39, 0.29) is 22.1 Å². The normalized spacial score (nSPS) is 10.8. The Morgan fingerprint density at radius 3 is 2.23 bits per heavy atom. The number of hydrogen-bond acceptors (Lipinski definition) is 3. The van der Waals surface area contributed by atoms with Gasteiger partial charge in [-0.2, -0.15) is 0 Å². The van der Waals surface area contributed by atoms with E-state index in [9.17, 15) is 14.9 Å². The van der Waals surface area contributed by atoms with Gasteiger partial charge in [0.2, 0.25) is 0 Å². The summed E-state index contributed by atoms with van der Waals surface area (Å²) in [5.74, 6) is -0.322. The second-order valence-electron chi connectivity index (χ2n) is 5.61. The van der Waals surface area contributed by atoms with Crippen molar-refractivity contribution in [2.24, 2.45) is 0 Å². The molecule has 5 heteroatoms. The lowest BCUT2D eigenvalue weighted by molar-refractivity contribution is -0.384. The first kappa shape index (κ1) is 17.6. The van der Waals surface area contributed by atoms with Crippen LogP contribution in [0.5, 0.6) is 0 Å². The van der Waals surface area contributed by atoms with E-state index in [0.717, 1.165) is 16.7 Å². The van der Waals surface area contributed by atoms with Gasteiger partial charge in [-0.15, -0.1) is 0 Å². The van der Waals surface area contributed by atoms with Crippen LogP contribution < -0.4 is 0 Å². The van der Waals surface area contributed by atoms with Crippen LogP contribution in [0, 0.1) is 10.1 Å². The van der Waals surface area contributed by atoms with Gasteiger partial charge in [-0.1, -0.05) is 72.3 Å². The number of nitro benzene ring substituents is 1. The number of rotatable bonds is 5. The van der Waals surface area contributed by atoms with Gasteiger partial charge in [0.05, 0.1) is 4.92 Å². The minimum atomic E-state index is -0.606. The Morgan fingerprint density at radius 1 is 0.923 bits per heavy atom. The zero-order valence-corrected chi connectivity index (χ0v) is 14.4. The molecule has 0 fully saturated rings. The largest absolute Gasteiger partial charge is 0.289 e. The fourth-order valence-electron chi connectivity index (χ4n) is 2.49. The molecule has 4 nitrogen and oxygen atoms in total. The number of allylic oxidation sites excluding steroid dienone is 1. The van der Waals surface area contributed by atoms with Gasteiger partial charge in [0.1, 0.15) is 5.02 Å². The van der Waals surface area contributed by atoms with Crippen LogP contribution in [0.1, 0.15) is 15.9 Å². The lowest BCUT2D eigenvalue weighted by atomic mass is 10.0. The summed E-state index contributed by atoms with van der Waals surface area (Å²) in [6.45, 7) is 0. The summed E-state index contributed by atoms with van der Waals surface area (Å²) in [6.07, 6.45) is 3.07. The summed E-state index contributed by atoms with van der Waals surface area (Å²) in [7, 11) is 0. The lowest BCUT2D eigenvalue weighted by Crippen LogP contribution is -1.97. The standard InChI is InChI=1S/C21H14ClNO3/c22-19-12-11-18(14-20(19)23(25)26)21(24)13-8-15-6-9-17(10-7-15)16-4-2-1-3-5-16/h1-14H/b13-8+. The van der Waals surface area contributed by atoms with Gasteiger partial charge >= 0.3 is 0 Å². The fourth-order valence-corrected chi connectivity index (χ4v) is 2.68. The Kier molecular flexibility index (Phi) is 5.25. The minimum Gasteiger partial charge on any atom is -0.289 e. The Balaban J connectivity index is 1.76. The third-order valence-corrected chi connectivity index (χ3v) is 4.19. The summed E-state index contributed by atoms with van der Waals surface area (Å²) in [5.41, 5.74) is 3.01. The molecule has 0 aliphatic heterocycles. The van der Waals surface area contributed by atoms with Crippen molar-refractivity contribution < 1.29 is 9.72 Å². The molecule has 0 unspecified atom stereocenters. The number of hydrogen-bond donors (Lipinski definition) is 0. The van der Waals surface area contributed by atoms with Gasteiger partial charge in [-0.3, -0.25) is 14.9 Å². The van der Waals surface area contributed by atoms with Crippen LogP contribution in [0.4, 0.5) is 5.69 Å². The molecule has 3 rings (SSSR count). The smallest absolute Gasteiger partial charge is 0.288 e. The third-order valence-electron chi connectivity index (χ3n) is 3.87. The molecule has 0 aromatic heterocycles. The topological polar surface area (TPSA) is 60.2 Å². The Morgan fingerprint density at radius 2 is 1.58 bits per heavy atom. The van der Waals surface area contributed by atoms with E-state index in [0.29, 0.717) is 0 Å². The number of nitrogens with zero attached hydrogens (tertiary/aromatic N) is 1. The minimum absolute atomic E-state index is 0.00651. The number of carbonyl (C=O) groups is 1. The van der Waals surface area contributed by atoms with Crippen LogP contribution in [0.25, 0.3) is 17.2 Å². The molecule has 0 heterocycles. The predicted molar refractivity (Wildman–Crippen MR) is 103 cm³/mol. The molecular weight excluding hydrogens is 350 g/mol. The van der Waals surface area contributed by atoms with Crippen molar-refractivity contribution in [3.05, 3.63) is 105 Å². The molecule has 0 aliphatic rings. The summed E-state index contributed by atoms with van der Waals surface area (Å²) < 4.78 is 0. The van der Waals surface area contributed by atoms with Crippen molar-refractivity contribution in [3.8, 4) is 11.1 Å². The number of nitro groups is 1. The van der Waals surface area contributed by atoms with Crippen molar-refractivity contribution in [2.75, 3.05) is 0 Å². The van der Waals surface area contributed by atoms with Gasteiger partial charge in [-0.25, -0.2) is 0 Å². The second kappa shape index (κ2) is 7.76. The summed E-state index contributed by atoms with van der Waals surface area (Å²) >= 11 is 5.76.